The normalized spacial score (nSPS) is 18.2. The smallest absolute Gasteiger partial charge is 0.0561 e. The molecule has 34 heavy (non-hydrogen) atoms. The Bertz CT molecular complexity index is 837. The largest absolute Gasteiger partial charge is 0.313 e. The summed E-state index contributed by atoms with van der Waals surface area (Å²) in [5.41, 5.74) is 7.52. The summed E-state index contributed by atoms with van der Waals surface area (Å²) in [4.78, 5) is 2.65. The van der Waals surface area contributed by atoms with Crippen molar-refractivity contribution in [2.45, 2.75) is 84.6 Å². The molecule has 0 spiro atoms. The Morgan fingerprint density at radius 2 is 1.85 bits per heavy atom. The summed E-state index contributed by atoms with van der Waals surface area (Å²) < 4.78 is 0. The van der Waals surface area contributed by atoms with Gasteiger partial charge in [0.05, 0.1) is 6.04 Å². The second-order valence-corrected chi connectivity index (χ2v) is 10.5. The van der Waals surface area contributed by atoms with Crippen LogP contribution in [0.1, 0.15) is 90.2 Å². The number of hydrogen-bond acceptors (Lipinski definition) is 2. The molecule has 1 aromatic carbocycles. The highest BCUT2D eigenvalue weighted by Crippen LogP contribution is 2.37. The number of allylic oxidation sites excluding steroid dienone is 5. The average molecular weight is 461 g/mol. The van der Waals surface area contributed by atoms with Gasteiger partial charge < -0.3 is 5.32 Å². The van der Waals surface area contributed by atoms with E-state index in [2.05, 4.69) is 86.1 Å². The molecule has 2 nitrogen and oxygen atoms in total. The third-order valence-corrected chi connectivity index (χ3v) is 7.26. The summed E-state index contributed by atoms with van der Waals surface area (Å²) >= 11 is 0. The predicted octanol–water partition coefficient (Wildman–Crippen LogP) is 8.17. The molecule has 1 fully saturated rings. The van der Waals surface area contributed by atoms with Crippen molar-refractivity contribution in [2.24, 2.45) is 5.92 Å². The fourth-order valence-electron chi connectivity index (χ4n) is 5.43. The standard InChI is InChI=1S/C32H48N2/c1-5-29-24-28(25-33-20-12-7-6-9-15-26(2)3)18-19-31(29)23-27(4)32(34-21-13-14-22-34)30-16-10-8-11-17-30/h8-11,15-17,24,26,32-33H,4-7,12-14,18-23,25H2,1-3H3/b15-9+. The van der Waals surface area contributed by atoms with E-state index in [4.69, 9.17) is 0 Å². The van der Waals surface area contributed by atoms with E-state index < -0.39 is 0 Å². The number of hydrogen-bond donors (Lipinski definition) is 1. The van der Waals surface area contributed by atoms with Crippen LogP contribution in [0.3, 0.4) is 0 Å². The van der Waals surface area contributed by atoms with Crippen molar-refractivity contribution in [2.75, 3.05) is 26.2 Å². The Morgan fingerprint density at radius 3 is 2.56 bits per heavy atom. The van der Waals surface area contributed by atoms with Crippen LogP contribution in [-0.2, 0) is 0 Å². The molecule has 3 rings (SSSR count). The van der Waals surface area contributed by atoms with Crippen molar-refractivity contribution >= 4 is 0 Å². The van der Waals surface area contributed by atoms with Crippen LogP contribution >= 0.6 is 0 Å². The van der Waals surface area contributed by atoms with Gasteiger partial charge in [-0.2, -0.15) is 0 Å². The van der Waals surface area contributed by atoms with Gasteiger partial charge in [-0.3, -0.25) is 4.90 Å². The summed E-state index contributed by atoms with van der Waals surface area (Å²) in [6.07, 6.45) is 18.1. The van der Waals surface area contributed by atoms with Gasteiger partial charge >= 0.3 is 0 Å². The van der Waals surface area contributed by atoms with Crippen molar-refractivity contribution in [1.82, 2.24) is 10.2 Å². The SMILES string of the molecule is C=C(CC1=C(CC)C=C(CNCCCC/C=C/C(C)C)CC1)C(c1ccccc1)N1CCCC1. The molecule has 2 heteroatoms. The van der Waals surface area contributed by atoms with Crippen molar-refractivity contribution in [3.63, 3.8) is 0 Å². The van der Waals surface area contributed by atoms with Crippen LogP contribution in [0.4, 0.5) is 0 Å². The first-order chi connectivity index (χ1) is 16.6. The summed E-state index contributed by atoms with van der Waals surface area (Å²) in [5, 5.41) is 3.69. The lowest BCUT2D eigenvalue weighted by Crippen LogP contribution is -2.27. The van der Waals surface area contributed by atoms with Gasteiger partial charge in [0.25, 0.3) is 0 Å². The highest BCUT2D eigenvalue weighted by molar-refractivity contribution is 5.38. The van der Waals surface area contributed by atoms with Gasteiger partial charge in [-0.1, -0.05) is 92.6 Å². The summed E-state index contributed by atoms with van der Waals surface area (Å²) in [6, 6.07) is 11.4. The zero-order chi connectivity index (χ0) is 24.2. The zero-order valence-corrected chi connectivity index (χ0v) is 22.1. The van der Waals surface area contributed by atoms with Gasteiger partial charge in [0.15, 0.2) is 0 Å². The second-order valence-electron chi connectivity index (χ2n) is 10.5. The fraction of sp³-hybridized carbons (Fsp3) is 0.562. The molecule has 1 heterocycles. The van der Waals surface area contributed by atoms with E-state index in [-0.39, 0.29) is 0 Å². The Balaban J connectivity index is 1.54. The number of likely N-dealkylation sites (tertiary alicyclic amines) is 1. The van der Waals surface area contributed by atoms with Gasteiger partial charge in [-0.25, -0.2) is 0 Å². The molecule has 0 radical (unpaired) electrons. The molecule has 0 bridgehead atoms. The third-order valence-electron chi connectivity index (χ3n) is 7.26. The lowest BCUT2D eigenvalue weighted by molar-refractivity contribution is 0.274. The molecule has 0 amide bonds. The van der Waals surface area contributed by atoms with Gasteiger partial charge in [-0.15, -0.1) is 0 Å². The maximum absolute atomic E-state index is 4.64. The summed E-state index contributed by atoms with van der Waals surface area (Å²) in [5.74, 6) is 0.670. The summed E-state index contributed by atoms with van der Waals surface area (Å²) in [6.45, 7) is 16.0. The van der Waals surface area contributed by atoms with E-state index >= 15 is 0 Å². The van der Waals surface area contributed by atoms with E-state index in [0.717, 1.165) is 25.9 Å². The van der Waals surface area contributed by atoms with Gasteiger partial charge in [-0.05, 0) is 94.5 Å². The highest BCUT2D eigenvalue weighted by atomic mass is 15.2. The number of unbranched alkanes of at least 4 members (excludes halogenated alkanes) is 2. The number of nitrogens with zero attached hydrogens (tertiary/aromatic N) is 1. The average Bonchev–Trinajstić information content (AvgIpc) is 3.36. The van der Waals surface area contributed by atoms with E-state index in [9.17, 15) is 0 Å². The predicted molar refractivity (Wildman–Crippen MR) is 149 cm³/mol. The van der Waals surface area contributed by atoms with E-state index in [1.165, 1.54) is 69.2 Å². The maximum Gasteiger partial charge on any atom is 0.0561 e. The van der Waals surface area contributed by atoms with Crippen LogP contribution in [0.2, 0.25) is 0 Å². The van der Waals surface area contributed by atoms with Crippen molar-refractivity contribution in [3.05, 3.63) is 83.0 Å². The Morgan fingerprint density at radius 1 is 1.09 bits per heavy atom. The molecule has 1 aliphatic heterocycles. The van der Waals surface area contributed by atoms with Gasteiger partial charge in [0.2, 0.25) is 0 Å². The monoisotopic (exact) mass is 460 g/mol. The highest BCUT2D eigenvalue weighted by Gasteiger charge is 2.26. The molecule has 1 aromatic rings. The minimum Gasteiger partial charge on any atom is -0.313 e. The first-order valence-electron chi connectivity index (χ1n) is 13.8. The van der Waals surface area contributed by atoms with E-state index in [0.29, 0.717) is 12.0 Å². The first-order valence-corrected chi connectivity index (χ1v) is 13.8. The molecule has 1 aliphatic carbocycles. The second kappa shape index (κ2) is 14.5. The molecule has 1 unspecified atom stereocenters. The molecule has 2 aliphatic rings. The minimum absolute atomic E-state index is 0.358. The van der Waals surface area contributed by atoms with Gasteiger partial charge in [0.1, 0.15) is 0 Å². The molecule has 1 saturated heterocycles. The summed E-state index contributed by atoms with van der Waals surface area (Å²) in [7, 11) is 0. The third kappa shape index (κ3) is 8.40. The lowest BCUT2D eigenvalue weighted by Gasteiger charge is -2.31. The maximum atomic E-state index is 4.64. The van der Waals surface area contributed by atoms with Crippen LogP contribution in [0.15, 0.2) is 77.4 Å². The number of rotatable bonds is 14. The number of nitrogens with one attached hydrogen (secondary N) is 1. The van der Waals surface area contributed by atoms with E-state index in [1.54, 1.807) is 16.7 Å². The van der Waals surface area contributed by atoms with Crippen LogP contribution in [0, 0.1) is 5.92 Å². The fourth-order valence-corrected chi connectivity index (χ4v) is 5.43. The molecule has 1 atom stereocenters. The van der Waals surface area contributed by atoms with Crippen LogP contribution < -0.4 is 5.32 Å². The molecular weight excluding hydrogens is 412 g/mol. The van der Waals surface area contributed by atoms with Gasteiger partial charge in [0, 0.05) is 6.54 Å². The number of benzene rings is 1. The molecule has 0 aromatic heterocycles. The van der Waals surface area contributed by atoms with E-state index in [1.807, 2.05) is 0 Å². The Kier molecular flexibility index (Phi) is 11.4. The van der Waals surface area contributed by atoms with Crippen molar-refractivity contribution in [3.8, 4) is 0 Å². The van der Waals surface area contributed by atoms with Crippen LogP contribution in [0.5, 0.6) is 0 Å². The quantitative estimate of drug-likeness (QED) is 0.222. The van der Waals surface area contributed by atoms with Crippen molar-refractivity contribution < 1.29 is 0 Å². The first kappa shape index (κ1) is 26.7. The molecule has 186 valence electrons. The minimum atomic E-state index is 0.358. The molecule has 0 saturated carbocycles. The lowest BCUT2D eigenvalue weighted by atomic mass is 9.84. The van der Waals surface area contributed by atoms with Crippen LogP contribution in [0.25, 0.3) is 0 Å². The molecule has 1 N–H and O–H groups in total. The molecular formula is C32H48N2. The topological polar surface area (TPSA) is 15.3 Å². The van der Waals surface area contributed by atoms with Crippen LogP contribution in [-0.4, -0.2) is 31.1 Å². The zero-order valence-electron chi connectivity index (χ0n) is 22.1. The Hall–Kier alpha value is -1.90. The van der Waals surface area contributed by atoms with Crippen molar-refractivity contribution in [1.29, 1.82) is 0 Å². The Labute approximate surface area is 209 Å².